The molecule has 0 aliphatic carbocycles. The molecule has 350 valence electrons. The first-order valence-corrected chi connectivity index (χ1v) is 25.3. The molecule has 0 bridgehead atoms. The van der Waals surface area contributed by atoms with E-state index < -0.39 is 0 Å². The number of benzene rings is 11. The van der Waals surface area contributed by atoms with Crippen LogP contribution < -0.4 is 11.1 Å². The molecule has 5 heterocycles. The Labute approximate surface area is 427 Å². The van der Waals surface area contributed by atoms with Gasteiger partial charge in [0.05, 0.1) is 54.9 Å². The molecule has 0 spiro atoms. The van der Waals surface area contributed by atoms with Gasteiger partial charge in [-0.3, -0.25) is 9.59 Å². The fraction of sp³-hybridized carbons (Fsp3) is 0. The van der Waals surface area contributed by atoms with E-state index in [2.05, 4.69) is 244 Å². The number of rotatable bonds is 6. The molecule has 0 amide bonds. The minimum absolute atomic E-state index is 0.350. The van der Waals surface area contributed by atoms with Crippen molar-refractivity contribution in [3.05, 3.63) is 269 Å². The largest absolute Gasteiger partial charge is 0.309 e. The lowest BCUT2D eigenvalue weighted by Gasteiger charge is -2.14. The second-order valence-corrected chi connectivity index (χ2v) is 19.6. The monoisotopic (exact) mass is 959 g/mol. The Morgan fingerprint density at radius 2 is 0.587 bits per heavy atom. The molecule has 16 aromatic rings. The lowest BCUT2D eigenvalue weighted by molar-refractivity contribution is 0.842. The third-order valence-corrected chi connectivity index (χ3v) is 15.6. The number of aromatic nitrogens is 5. The summed E-state index contributed by atoms with van der Waals surface area (Å²) in [5.41, 5.74) is 15.8. The van der Waals surface area contributed by atoms with Crippen molar-refractivity contribution in [1.29, 1.82) is 0 Å². The van der Waals surface area contributed by atoms with Crippen molar-refractivity contribution in [3.8, 4) is 50.4 Å². The summed E-state index contributed by atoms with van der Waals surface area (Å²) in [5.74, 6) is 0. The van der Waals surface area contributed by atoms with Gasteiger partial charge in [-0.15, -0.1) is 0 Å². The Morgan fingerprint density at radius 3 is 1.03 bits per heavy atom. The highest BCUT2D eigenvalue weighted by Crippen LogP contribution is 2.40. The van der Waals surface area contributed by atoms with Crippen LogP contribution in [0.5, 0.6) is 0 Å². The summed E-state index contributed by atoms with van der Waals surface area (Å²) in [4.78, 5) is 30.0. The highest BCUT2D eigenvalue weighted by atomic mass is 16.2. The third kappa shape index (κ3) is 5.92. The molecule has 16 rings (SSSR count). The van der Waals surface area contributed by atoms with Gasteiger partial charge >= 0.3 is 0 Å². The fourth-order valence-electron chi connectivity index (χ4n) is 12.4. The lowest BCUT2D eigenvalue weighted by Crippen LogP contribution is -2.21. The Morgan fingerprint density at radius 1 is 0.227 bits per heavy atom. The van der Waals surface area contributed by atoms with Crippen molar-refractivity contribution in [3.63, 3.8) is 0 Å². The van der Waals surface area contributed by atoms with E-state index in [1.54, 1.807) is 0 Å². The van der Waals surface area contributed by atoms with E-state index in [0.717, 1.165) is 83.5 Å². The predicted molar refractivity (Wildman–Crippen MR) is 309 cm³/mol. The molecule has 0 fully saturated rings. The van der Waals surface area contributed by atoms with Crippen molar-refractivity contribution in [2.45, 2.75) is 0 Å². The van der Waals surface area contributed by atoms with E-state index in [9.17, 15) is 4.79 Å². The van der Waals surface area contributed by atoms with Gasteiger partial charge in [-0.25, -0.2) is 4.52 Å². The maximum absolute atomic E-state index is 15.2. The minimum Gasteiger partial charge on any atom is -0.309 e. The van der Waals surface area contributed by atoms with Crippen LogP contribution in [-0.2, 0) is 0 Å². The quantitative estimate of drug-likeness (QED) is 0.167. The van der Waals surface area contributed by atoms with Crippen molar-refractivity contribution < 1.29 is 0 Å². The Balaban J connectivity index is 0.937. The second-order valence-electron chi connectivity index (χ2n) is 19.6. The van der Waals surface area contributed by atoms with Crippen LogP contribution in [0.3, 0.4) is 0 Å². The maximum Gasteiger partial charge on any atom is 0.282 e. The number of fused-ring (bicyclic) bond motifs is 14. The fourth-order valence-corrected chi connectivity index (χ4v) is 12.4. The number of para-hydroxylation sites is 6. The van der Waals surface area contributed by atoms with E-state index in [0.29, 0.717) is 21.8 Å². The zero-order valence-corrected chi connectivity index (χ0v) is 40.2. The summed E-state index contributed by atoms with van der Waals surface area (Å²) in [5, 5.41) is 8.05. The van der Waals surface area contributed by atoms with Crippen LogP contribution in [0.4, 0.5) is 0 Å². The molecule has 0 radical (unpaired) electrons. The highest BCUT2D eigenvalue weighted by Gasteiger charge is 2.24. The van der Waals surface area contributed by atoms with Crippen LogP contribution >= 0.6 is 0 Å². The second kappa shape index (κ2) is 15.6. The van der Waals surface area contributed by atoms with E-state index in [-0.39, 0.29) is 11.1 Å². The molecule has 7 nitrogen and oxygen atoms in total. The minimum atomic E-state index is -0.360. The molecule has 7 heteroatoms. The summed E-state index contributed by atoms with van der Waals surface area (Å²) in [6.45, 7) is 0. The molecule has 0 N–H and O–H groups in total. The van der Waals surface area contributed by atoms with Crippen LogP contribution in [0.2, 0.25) is 0 Å². The first kappa shape index (κ1) is 41.4. The standard InChI is InChI=1S/C68H41N5O2/c74-67-56-35-34-44(42-16-13-19-47(36-42)69-59-28-7-1-22-50(59)51-23-2-8-29-60(51)69)41-65(56)72-66-57(45-18-15-21-49(38-45)71-63-32-11-5-26-54(63)55-27-6-12-33-64(55)71)39-46(40-58(66)68(75)73(67)72)43-17-14-20-48(37-43)70-61-30-9-3-24-52(61)53-25-4-10-31-62(53)70/h1-41H. The highest BCUT2D eigenvalue weighted by molar-refractivity contribution is 6.12. The summed E-state index contributed by atoms with van der Waals surface area (Å²) >= 11 is 0. The van der Waals surface area contributed by atoms with Gasteiger partial charge in [0.2, 0.25) is 0 Å². The zero-order valence-electron chi connectivity index (χ0n) is 40.2. The van der Waals surface area contributed by atoms with E-state index in [1.165, 1.54) is 36.8 Å². The van der Waals surface area contributed by atoms with Gasteiger partial charge in [-0.05, 0) is 125 Å². The third-order valence-electron chi connectivity index (χ3n) is 15.6. The topological polar surface area (TPSA) is 57.8 Å². The van der Waals surface area contributed by atoms with Gasteiger partial charge < -0.3 is 13.7 Å². The predicted octanol–water partition coefficient (Wildman–Crippen LogP) is 15.8. The first-order chi connectivity index (χ1) is 37.1. The zero-order chi connectivity index (χ0) is 49.5. The lowest BCUT2D eigenvalue weighted by atomic mass is 9.95. The molecule has 0 aliphatic heterocycles. The molecular formula is C68H41N5O2. The average Bonchev–Trinajstić information content (AvgIpc) is 4.33. The molecule has 0 saturated carbocycles. The van der Waals surface area contributed by atoms with Gasteiger partial charge in [-0.1, -0.05) is 152 Å². The SMILES string of the molecule is O=c1c2ccc(-c3cccc(-n4c5ccccc5c5ccccc54)c3)cc2n2c3c(-c4cccc(-n5c6ccccc6c6ccccc65)c4)cc(-c4cccc(-n5c6ccccc6c6ccccc65)c4)cc3c(=O)n12. The Hall–Kier alpha value is -10.2. The van der Waals surface area contributed by atoms with Crippen LogP contribution in [0.25, 0.3) is 138 Å². The number of nitrogens with zero attached hydrogens (tertiary/aromatic N) is 5. The molecule has 5 aromatic heterocycles. The van der Waals surface area contributed by atoms with Gasteiger partial charge in [0, 0.05) is 54.9 Å². The van der Waals surface area contributed by atoms with Crippen LogP contribution in [-0.4, -0.2) is 22.7 Å². The van der Waals surface area contributed by atoms with Crippen molar-refractivity contribution in [2.75, 3.05) is 0 Å². The summed E-state index contributed by atoms with van der Waals surface area (Å²) in [6, 6.07) is 87.0. The molecular weight excluding hydrogens is 919 g/mol. The first-order valence-electron chi connectivity index (χ1n) is 25.3. The molecule has 0 atom stereocenters. The van der Waals surface area contributed by atoms with Gasteiger partial charge in [-0.2, -0.15) is 4.52 Å². The Bertz CT molecular complexity index is 5040. The summed E-state index contributed by atoms with van der Waals surface area (Å²) in [7, 11) is 0. The van der Waals surface area contributed by atoms with E-state index in [1.807, 2.05) is 22.7 Å². The summed E-state index contributed by atoms with van der Waals surface area (Å²) in [6.07, 6.45) is 0. The van der Waals surface area contributed by atoms with Gasteiger partial charge in [0.25, 0.3) is 11.1 Å². The normalized spacial score (nSPS) is 12.1. The molecule has 0 aliphatic rings. The smallest absolute Gasteiger partial charge is 0.282 e. The van der Waals surface area contributed by atoms with Gasteiger partial charge in [0.1, 0.15) is 0 Å². The van der Waals surface area contributed by atoms with Crippen LogP contribution in [0.1, 0.15) is 0 Å². The van der Waals surface area contributed by atoms with Gasteiger partial charge in [0.15, 0.2) is 0 Å². The van der Waals surface area contributed by atoms with Crippen LogP contribution in [0, 0.1) is 0 Å². The number of hydrogen-bond acceptors (Lipinski definition) is 2. The van der Waals surface area contributed by atoms with E-state index in [4.69, 9.17) is 0 Å². The maximum atomic E-state index is 15.2. The van der Waals surface area contributed by atoms with Crippen molar-refractivity contribution >= 4 is 87.2 Å². The van der Waals surface area contributed by atoms with Crippen molar-refractivity contribution in [1.82, 2.24) is 22.7 Å². The summed E-state index contributed by atoms with van der Waals surface area (Å²) < 4.78 is 10.2. The Kier molecular flexibility index (Phi) is 8.62. The van der Waals surface area contributed by atoms with Crippen molar-refractivity contribution in [2.24, 2.45) is 0 Å². The molecule has 0 saturated heterocycles. The molecule has 75 heavy (non-hydrogen) atoms. The van der Waals surface area contributed by atoms with Crippen LogP contribution in [0.15, 0.2) is 258 Å². The molecule has 0 unspecified atom stereocenters. The number of hydrogen-bond donors (Lipinski definition) is 0. The average molecular weight is 960 g/mol. The molecule has 11 aromatic carbocycles. The van der Waals surface area contributed by atoms with E-state index >= 15 is 4.79 Å².